The summed E-state index contributed by atoms with van der Waals surface area (Å²) in [6.45, 7) is 7.95. The molecule has 1 heterocycles. The van der Waals surface area contributed by atoms with Crippen LogP contribution in [0.2, 0.25) is 0 Å². The monoisotopic (exact) mass is 291 g/mol. The molecule has 0 saturated carbocycles. The van der Waals surface area contributed by atoms with Crippen LogP contribution in [0.25, 0.3) is 0 Å². The Kier molecular flexibility index (Phi) is 4.88. The number of hydrogen-bond acceptors (Lipinski definition) is 3. The molecule has 1 atom stereocenters. The van der Waals surface area contributed by atoms with Crippen molar-refractivity contribution in [2.45, 2.75) is 51.7 Å². The van der Waals surface area contributed by atoms with E-state index < -0.39 is 11.5 Å². The van der Waals surface area contributed by atoms with Gasteiger partial charge in [-0.15, -0.1) is 0 Å². The van der Waals surface area contributed by atoms with Gasteiger partial charge in [-0.05, 0) is 64.4 Å². The number of ether oxygens (including phenoxy) is 1. The van der Waals surface area contributed by atoms with Crippen LogP contribution in [-0.4, -0.2) is 35.2 Å². The van der Waals surface area contributed by atoms with Gasteiger partial charge in [0.05, 0.1) is 18.1 Å². The molecule has 1 unspecified atom stereocenters. The lowest BCUT2D eigenvalue weighted by molar-refractivity contribution is -0.140. The number of aliphatic carboxylic acids is 1. The molecule has 1 aromatic rings. The zero-order chi connectivity index (χ0) is 15.5. The normalized spacial score (nSPS) is 18.7. The Morgan fingerprint density at radius 2 is 1.86 bits per heavy atom. The van der Waals surface area contributed by atoms with Crippen LogP contribution in [0.4, 0.5) is 0 Å². The summed E-state index contributed by atoms with van der Waals surface area (Å²) < 4.78 is 5.66. The molecule has 0 amide bonds. The van der Waals surface area contributed by atoms with E-state index in [-0.39, 0.29) is 12.5 Å². The van der Waals surface area contributed by atoms with Crippen LogP contribution in [0.5, 0.6) is 5.75 Å². The van der Waals surface area contributed by atoms with Crippen molar-refractivity contribution < 1.29 is 14.6 Å². The van der Waals surface area contributed by atoms with Crippen molar-refractivity contribution in [3.8, 4) is 5.75 Å². The largest absolute Gasteiger partial charge is 0.491 e. The molecule has 1 aromatic carbocycles. The fraction of sp³-hybridized carbons (Fsp3) is 0.588. The molecule has 1 saturated heterocycles. The lowest BCUT2D eigenvalue weighted by Gasteiger charge is -2.38. The molecular formula is C17H25NO3. The molecule has 2 rings (SSSR count). The average Bonchev–Trinajstić information content (AvgIpc) is 2.92. The number of carboxylic acid groups (broad SMARTS) is 1. The summed E-state index contributed by atoms with van der Waals surface area (Å²) in [4.78, 5) is 13.6. The summed E-state index contributed by atoms with van der Waals surface area (Å²) in [5.74, 6) is 0.0692. The Labute approximate surface area is 126 Å². The number of carboxylic acids is 1. The van der Waals surface area contributed by atoms with E-state index in [0.717, 1.165) is 37.2 Å². The lowest BCUT2D eigenvalue weighted by Crippen LogP contribution is -2.43. The fourth-order valence-corrected chi connectivity index (χ4v) is 3.07. The Hall–Kier alpha value is -1.55. The van der Waals surface area contributed by atoms with Gasteiger partial charge in [0.1, 0.15) is 5.75 Å². The van der Waals surface area contributed by atoms with E-state index in [0.29, 0.717) is 0 Å². The van der Waals surface area contributed by atoms with Crippen molar-refractivity contribution in [1.29, 1.82) is 0 Å². The van der Waals surface area contributed by atoms with Gasteiger partial charge in [-0.3, -0.25) is 9.69 Å². The number of rotatable bonds is 6. The molecule has 1 N–H and O–H groups in total. The van der Waals surface area contributed by atoms with Gasteiger partial charge in [0.2, 0.25) is 0 Å². The molecule has 0 aromatic heterocycles. The van der Waals surface area contributed by atoms with Gasteiger partial charge < -0.3 is 9.84 Å². The second kappa shape index (κ2) is 6.48. The molecular weight excluding hydrogens is 266 g/mol. The van der Waals surface area contributed by atoms with Gasteiger partial charge in [-0.25, -0.2) is 0 Å². The van der Waals surface area contributed by atoms with Crippen molar-refractivity contribution in [3.63, 3.8) is 0 Å². The second-order valence-electron chi connectivity index (χ2n) is 6.23. The van der Waals surface area contributed by atoms with Gasteiger partial charge in [0, 0.05) is 0 Å². The molecule has 116 valence electrons. The van der Waals surface area contributed by atoms with Crippen LogP contribution in [0.3, 0.4) is 0 Å². The summed E-state index contributed by atoms with van der Waals surface area (Å²) in [5, 5.41) is 9.29. The standard InChI is InChI=1S/C17H25NO3/c1-13(2)21-15-8-6-14(7-9-15)17(3,12-16(19)20)18-10-4-5-11-18/h6-9,13H,4-5,10-12H2,1-3H3,(H,19,20). The van der Waals surface area contributed by atoms with Crippen LogP contribution < -0.4 is 4.74 Å². The summed E-state index contributed by atoms with van der Waals surface area (Å²) in [6.07, 6.45) is 2.55. The summed E-state index contributed by atoms with van der Waals surface area (Å²) in [5.41, 5.74) is 0.599. The predicted octanol–water partition coefficient (Wildman–Crippen LogP) is 3.26. The summed E-state index contributed by atoms with van der Waals surface area (Å²) in [6, 6.07) is 7.87. The highest BCUT2D eigenvalue weighted by Gasteiger charge is 2.37. The quantitative estimate of drug-likeness (QED) is 0.874. The SMILES string of the molecule is CC(C)Oc1ccc(C(C)(CC(=O)O)N2CCCC2)cc1. The van der Waals surface area contributed by atoms with Crippen LogP contribution in [0.15, 0.2) is 24.3 Å². The second-order valence-corrected chi connectivity index (χ2v) is 6.23. The lowest BCUT2D eigenvalue weighted by atomic mass is 9.87. The molecule has 0 aliphatic carbocycles. The zero-order valence-corrected chi connectivity index (χ0v) is 13.1. The van der Waals surface area contributed by atoms with E-state index in [1.807, 2.05) is 45.0 Å². The first-order valence-corrected chi connectivity index (χ1v) is 7.66. The third kappa shape index (κ3) is 3.76. The maximum Gasteiger partial charge on any atom is 0.305 e. The van der Waals surface area contributed by atoms with Gasteiger partial charge in [-0.1, -0.05) is 12.1 Å². The van der Waals surface area contributed by atoms with Gasteiger partial charge in [0.25, 0.3) is 0 Å². The van der Waals surface area contributed by atoms with E-state index in [1.165, 1.54) is 0 Å². The van der Waals surface area contributed by atoms with Crippen molar-refractivity contribution in [1.82, 2.24) is 4.90 Å². The number of benzene rings is 1. The highest BCUT2D eigenvalue weighted by atomic mass is 16.5. The maximum absolute atomic E-state index is 11.3. The predicted molar refractivity (Wildman–Crippen MR) is 82.6 cm³/mol. The minimum atomic E-state index is -0.757. The molecule has 0 bridgehead atoms. The molecule has 1 aliphatic heterocycles. The maximum atomic E-state index is 11.3. The minimum absolute atomic E-state index is 0.122. The number of nitrogens with zero attached hydrogens (tertiary/aromatic N) is 1. The van der Waals surface area contributed by atoms with E-state index in [2.05, 4.69) is 4.90 Å². The first-order chi connectivity index (χ1) is 9.91. The van der Waals surface area contributed by atoms with E-state index in [1.54, 1.807) is 0 Å². The summed E-state index contributed by atoms with van der Waals surface area (Å²) in [7, 11) is 0. The smallest absolute Gasteiger partial charge is 0.305 e. The first-order valence-electron chi connectivity index (χ1n) is 7.66. The number of hydrogen-bond donors (Lipinski definition) is 1. The molecule has 4 heteroatoms. The third-order valence-corrected chi connectivity index (χ3v) is 4.15. The van der Waals surface area contributed by atoms with Gasteiger partial charge in [0.15, 0.2) is 0 Å². The van der Waals surface area contributed by atoms with Crippen LogP contribution in [0, 0.1) is 0 Å². The molecule has 1 fully saturated rings. The minimum Gasteiger partial charge on any atom is -0.491 e. The molecule has 4 nitrogen and oxygen atoms in total. The average molecular weight is 291 g/mol. The first kappa shape index (κ1) is 15.8. The highest BCUT2D eigenvalue weighted by Crippen LogP contribution is 2.35. The van der Waals surface area contributed by atoms with Gasteiger partial charge >= 0.3 is 5.97 Å². The van der Waals surface area contributed by atoms with Crippen LogP contribution in [0.1, 0.15) is 45.6 Å². The molecule has 21 heavy (non-hydrogen) atoms. The van der Waals surface area contributed by atoms with Gasteiger partial charge in [-0.2, -0.15) is 0 Å². The molecule has 0 radical (unpaired) electrons. The fourth-order valence-electron chi connectivity index (χ4n) is 3.07. The number of carbonyl (C=O) groups is 1. The summed E-state index contributed by atoms with van der Waals surface area (Å²) >= 11 is 0. The highest BCUT2D eigenvalue weighted by molar-refractivity contribution is 5.69. The van der Waals surface area contributed by atoms with Crippen molar-refractivity contribution in [2.24, 2.45) is 0 Å². The van der Waals surface area contributed by atoms with Crippen LogP contribution >= 0.6 is 0 Å². The Bertz CT molecular complexity index is 477. The Morgan fingerprint density at radius 3 is 2.33 bits per heavy atom. The Balaban J connectivity index is 2.25. The van der Waals surface area contributed by atoms with Crippen LogP contribution in [-0.2, 0) is 10.3 Å². The topological polar surface area (TPSA) is 49.8 Å². The molecule has 1 aliphatic rings. The van der Waals surface area contributed by atoms with E-state index >= 15 is 0 Å². The Morgan fingerprint density at radius 1 is 1.29 bits per heavy atom. The number of likely N-dealkylation sites (tertiary alicyclic amines) is 1. The van der Waals surface area contributed by atoms with Crippen molar-refractivity contribution in [2.75, 3.05) is 13.1 Å². The molecule has 0 spiro atoms. The van der Waals surface area contributed by atoms with Crippen molar-refractivity contribution in [3.05, 3.63) is 29.8 Å². The van der Waals surface area contributed by atoms with E-state index in [4.69, 9.17) is 4.74 Å². The zero-order valence-electron chi connectivity index (χ0n) is 13.1. The van der Waals surface area contributed by atoms with Crippen molar-refractivity contribution >= 4 is 5.97 Å². The van der Waals surface area contributed by atoms with E-state index in [9.17, 15) is 9.90 Å². The third-order valence-electron chi connectivity index (χ3n) is 4.15.